The molecule has 0 spiro atoms. The number of likely N-dealkylation sites (tertiary alicyclic amines) is 1. The zero-order valence-corrected chi connectivity index (χ0v) is 20.8. The molecule has 3 aliphatic heterocycles. The molecule has 4 rings (SSSR count). The van der Waals surface area contributed by atoms with Crippen LogP contribution in [0.1, 0.15) is 44.1 Å². The molecule has 1 aromatic rings. The summed E-state index contributed by atoms with van der Waals surface area (Å²) in [5, 5.41) is 3.05. The van der Waals surface area contributed by atoms with Gasteiger partial charge in [0.1, 0.15) is 0 Å². The summed E-state index contributed by atoms with van der Waals surface area (Å²) < 4.78 is 0. The number of hydrogen-bond donors (Lipinski definition) is 1. The van der Waals surface area contributed by atoms with Gasteiger partial charge in [0.15, 0.2) is 0 Å². The van der Waals surface area contributed by atoms with Gasteiger partial charge < -0.3 is 15.1 Å². The van der Waals surface area contributed by atoms with E-state index in [1.807, 2.05) is 24.5 Å². The summed E-state index contributed by atoms with van der Waals surface area (Å²) in [7, 11) is 2.20. The quantitative estimate of drug-likeness (QED) is 0.718. The van der Waals surface area contributed by atoms with Crippen molar-refractivity contribution in [2.75, 3.05) is 66.0 Å². The van der Waals surface area contributed by atoms with E-state index in [1.54, 1.807) is 0 Å². The minimum absolute atomic E-state index is 0.00365. The molecule has 8 nitrogen and oxygen atoms in total. The van der Waals surface area contributed by atoms with Gasteiger partial charge in [-0.1, -0.05) is 0 Å². The van der Waals surface area contributed by atoms with Crippen LogP contribution in [-0.2, 0) is 16.1 Å². The second-order valence-corrected chi connectivity index (χ2v) is 10.3. The van der Waals surface area contributed by atoms with E-state index >= 15 is 0 Å². The molecule has 0 radical (unpaired) electrons. The zero-order chi connectivity index (χ0) is 23.8. The second-order valence-electron chi connectivity index (χ2n) is 10.3. The van der Waals surface area contributed by atoms with Crippen molar-refractivity contribution >= 4 is 11.8 Å². The monoisotopic (exact) mass is 470 g/mol. The minimum Gasteiger partial charge on any atom is -0.356 e. The number of piperazine rings is 1. The third-order valence-electron chi connectivity index (χ3n) is 7.83. The molecule has 1 N–H and O–H groups in total. The van der Waals surface area contributed by atoms with Crippen LogP contribution in [0.15, 0.2) is 24.5 Å². The summed E-state index contributed by atoms with van der Waals surface area (Å²) in [5.41, 5.74) is 1.21. The lowest BCUT2D eigenvalue weighted by atomic mass is 9.96. The van der Waals surface area contributed by atoms with Gasteiger partial charge in [0.25, 0.3) is 0 Å². The maximum Gasteiger partial charge on any atom is 0.225 e. The third kappa shape index (κ3) is 7.23. The molecule has 3 fully saturated rings. The van der Waals surface area contributed by atoms with Crippen molar-refractivity contribution in [3.05, 3.63) is 30.1 Å². The zero-order valence-electron chi connectivity index (χ0n) is 20.8. The van der Waals surface area contributed by atoms with Crippen LogP contribution in [0.4, 0.5) is 0 Å². The van der Waals surface area contributed by atoms with Gasteiger partial charge >= 0.3 is 0 Å². The number of piperidine rings is 1. The van der Waals surface area contributed by atoms with E-state index in [9.17, 15) is 9.59 Å². The maximum absolute atomic E-state index is 13.4. The van der Waals surface area contributed by atoms with Crippen LogP contribution < -0.4 is 5.32 Å². The van der Waals surface area contributed by atoms with Gasteiger partial charge in [0, 0.05) is 76.6 Å². The number of nitrogens with one attached hydrogen (secondary N) is 1. The highest BCUT2D eigenvalue weighted by molar-refractivity contribution is 5.79. The number of carbonyl (C=O) groups excluding carboxylic acids is 2. The molecule has 3 saturated heterocycles. The van der Waals surface area contributed by atoms with Crippen LogP contribution in [0, 0.1) is 5.92 Å². The Morgan fingerprint density at radius 2 is 1.71 bits per heavy atom. The highest BCUT2D eigenvalue weighted by Crippen LogP contribution is 2.21. The Bertz CT molecular complexity index is 775. The van der Waals surface area contributed by atoms with Crippen LogP contribution >= 0.6 is 0 Å². The lowest BCUT2D eigenvalue weighted by molar-refractivity contribution is -0.138. The van der Waals surface area contributed by atoms with Crippen molar-refractivity contribution in [3.8, 4) is 0 Å². The van der Waals surface area contributed by atoms with Crippen molar-refractivity contribution in [3.63, 3.8) is 0 Å². The van der Waals surface area contributed by atoms with Crippen LogP contribution in [0.25, 0.3) is 0 Å². The SMILES string of the molecule is CN1CCC(N2CCN(C(=O)C3CCCN(Cc4ccncc4)CCC(=O)NCC3)CC2)CC1. The van der Waals surface area contributed by atoms with E-state index in [4.69, 9.17) is 0 Å². The van der Waals surface area contributed by atoms with Gasteiger partial charge in [0.05, 0.1) is 0 Å². The summed E-state index contributed by atoms with van der Waals surface area (Å²) in [6, 6.07) is 4.73. The number of rotatable bonds is 4. The van der Waals surface area contributed by atoms with Crippen LogP contribution in [-0.4, -0.2) is 108 Å². The van der Waals surface area contributed by atoms with Crippen molar-refractivity contribution < 1.29 is 9.59 Å². The summed E-state index contributed by atoms with van der Waals surface area (Å²) in [4.78, 5) is 39.3. The Morgan fingerprint density at radius 3 is 2.44 bits per heavy atom. The second kappa shape index (κ2) is 12.6. The van der Waals surface area contributed by atoms with E-state index < -0.39 is 0 Å². The first-order valence-corrected chi connectivity index (χ1v) is 13.2. The average Bonchev–Trinajstić information content (AvgIpc) is 2.90. The van der Waals surface area contributed by atoms with E-state index in [-0.39, 0.29) is 17.7 Å². The largest absolute Gasteiger partial charge is 0.356 e. The molecule has 188 valence electrons. The van der Waals surface area contributed by atoms with E-state index in [2.05, 4.69) is 36.9 Å². The minimum atomic E-state index is -0.00365. The Labute approximate surface area is 204 Å². The van der Waals surface area contributed by atoms with E-state index in [0.29, 0.717) is 19.0 Å². The lowest BCUT2D eigenvalue weighted by Crippen LogP contribution is -2.55. The Balaban J connectivity index is 1.29. The first kappa shape index (κ1) is 25.1. The molecule has 4 heterocycles. The third-order valence-corrected chi connectivity index (χ3v) is 7.83. The highest BCUT2D eigenvalue weighted by Gasteiger charge is 2.31. The average molecular weight is 471 g/mol. The Morgan fingerprint density at radius 1 is 0.971 bits per heavy atom. The first-order valence-electron chi connectivity index (χ1n) is 13.2. The summed E-state index contributed by atoms with van der Waals surface area (Å²) in [6.45, 7) is 9.06. The van der Waals surface area contributed by atoms with E-state index in [0.717, 1.165) is 65.1 Å². The Kier molecular flexibility index (Phi) is 9.30. The first-order chi connectivity index (χ1) is 16.6. The van der Waals surface area contributed by atoms with Crippen LogP contribution in [0.2, 0.25) is 0 Å². The van der Waals surface area contributed by atoms with Gasteiger partial charge in [-0.2, -0.15) is 0 Å². The number of amides is 2. The molecular weight excluding hydrogens is 428 g/mol. The van der Waals surface area contributed by atoms with E-state index in [1.165, 1.54) is 31.5 Å². The molecule has 2 amide bonds. The normalized spacial score (nSPS) is 25.5. The van der Waals surface area contributed by atoms with Crippen molar-refractivity contribution in [1.29, 1.82) is 0 Å². The molecule has 1 atom stereocenters. The topological polar surface area (TPSA) is 72.0 Å². The van der Waals surface area contributed by atoms with Gasteiger partial charge in [-0.15, -0.1) is 0 Å². The van der Waals surface area contributed by atoms with Crippen molar-refractivity contribution in [2.45, 2.75) is 51.1 Å². The number of pyridine rings is 1. The molecule has 0 saturated carbocycles. The van der Waals surface area contributed by atoms with Gasteiger partial charge in [-0.3, -0.25) is 24.4 Å². The predicted octanol–water partition coefficient (Wildman–Crippen LogP) is 1.43. The number of carbonyl (C=O) groups is 2. The fraction of sp³-hybridized carbons (Fsp3) is 0.731. The van der Waals surface area contributed by atoms with Gasteiger partial charge in [0.2, 0.25) is 11.8 Å². The molecule has 1 unspecified atom stereocenters. The molecule has 34 heavy (non-hydrogen) atoms. The molecular formula is C26H42N6O2. The molecule has 8 heteroatoms. The summed E-state index contributed by atoms with van der Waals surface area (Å²) in [5.74, 6) is 0.368. The predicted molar refractivity (Wildman–Crippen MR) is 133 cm³/mol. The molecule has 0 bridgehead atoms. The van der Waals surface area contributed by atoms with Gasteiger partial charge in [-0.05, 0) is 76.5 Å². The smallest absolute Gasteiger partial charge is 0.225 e. The fourth-order valence-corrected chi connectivity index (χ4v) is 5.63. The fourth-order valence-electron chi connectivity index (χ4n) is 5.63. The van der Waals surface area contributed by atoms with Crippen LogP contribution in [0.3, 0.4) is 0 Å². The lowest BCUT2D eigenvalue weighted by Gasteiger charge is -2.42. The number of hydrogen-bond acceptors (Lipinski definition) is 6. The summed E-state index contributed by atoms with van der Waals surface area (Å²) >= 11 is 0. The molecule has 1 aromatic heterocycles. The molecule has 0 aliphatic carbocycles. The highest BCUT2D eigenvalue weighted by atomic mass is 16.2. The van der Waals surface area contributed by atoms with Gasteiger partial charge in [-0.25, -0.2) is 0 Å². The maximum atomic E-state index is 13.4. The number of nitrogens with zero attached hydrogens (tertiary/aromatic N) is 5. The molecule has 3 aliphatic rings. The van der Waals surface area contributed by atoms with Crippen molar-refractivity contribution in [2.24, 2.45) is 5.92 Å². The van der Waals surface area contributed by atoms with Crippen LogP contribution in [0.5, 0.6) is 0 Å². The molecule has 0 aromatic carbocycles. The standard InChI is InChI=1S/C26H42N6O2/c1-29-14-7-24(8-15-29)31-17-19-32(20-18-31)26(34)23-3-2-13-30(16-9-25(33)28-12-6-23)21-22-4-10-27-11-5-22/h4-5,10-11,23-24H,2-3,6-9,12-21H2,1H3,(H,28,33). The summed E-state index contributed by atoms with van der Waals surface area (Å²) in [6.07, 6.45) is 9.21. The van der Waals surface area contributed by atoms with Crippen molar-refractivity contribution in [1.82, 2.24) is 29.9 Å². The Hall–Kier alpha value is -2.03. The number of aromatic nitrogens is 1.